The third-order valence-electron chi connectivity index (χ3n) is 4.85. The number of benzene rings is 2. The molecule has 0 aliphatic carbocycles. The zero-order valence-corrected chi connectivity index (χ0v) is 18.1. The molecule has 164 valence electrons. The summed E-state index contributed by atoms with van der Waals surface area (Å²) < 4.78 is 15.6. The highest BCUT2D eigenvalue weighted by molar-refractivity contribution is 7.11. The van der Waals surface area contributed by atoms with Crippen LogP contribution in [0, 0.1) is 12.7 Å². The number of carbonyl (C=O) groups excluding carboxylic acids is 1. The van der Waals surface area contributed by atoms with Gasteiger partial charge < -0.3 is 20.9 Å². The zero-order valence-electron chi connectivity index (χ0n) is 17.3. The van der Waals surface area contributed by atoms with Crippen LogP contribution in [0.4, 0.5) is 20.6 Å². The average molecular weight is 453 g/mol. The zero-order chi connectivity index (χ0) is 22.8. The molecular formula is C22H20FN5O3S. The number of fused-ring (bicyclic) bond motifs is 1. The number of aromatic nitrogens is 2. The Bertz CT molecular complexity index is 1440. The quantitative estimate of drug-likeness (QED) is 0.371. The predicted molar refractivity (Wildman–Crippen MR) is 125 cm³/mol. The van der Waals surface area contributed by atoms with E-state index in [1.165, 1.54) is 12.1 Å². The second-order valence-electron chi connectivity index (χ2n) is 7.07. The van der Waals surface area contributed by atoms with Gasteiger partial charge >= 0.3 is 11.7 Å². The molecule has 32 heavy (non-hydrogen) atoms. The molecule has 2 aromatic heterocycles. The fourth-order valence-corrected chi connectivity index (χ4v) is 4.11. The van der Waals surface area contributed by atoms with Gasteiger partial charge in [0, 0.05) is 28.2 Å². The molecule has 0 saturated heterocycles. The third kappa shape index (κ3) is 4.26. The van der Waals surface area contributed by atoms with Gasteiger partial charge in [0.15, 0.2) is 0 Å². The number of hydrogen-bond acceptors (Lipinski definition) is 5. The van der Waals surface area contributed by atoms with Gasteiger partial charge in [-0.2, -0.15) is 0 Å². The molecule has 4 N–H and O–H groups in total. The third-order valence-corrected chi connectivity index (χ3v) is 5.85. The van der Waals surface area contributed by atoms with E-state index < -0.39 is 23.1 Å². The first-order valence-electron chi connectivity index (χ1n) is 9.72. The van der Waals surface area contributed by atoms with Crippen molar-refractivity contribution in [1.29, 1.82) is 0 Å². The fourth-order valence-electron chi connectivity index (χ4n) is 3.28. The van der Waals surface area contributed by atoms with Gasteiger partial charge in [0.25, 0.3) is 5.56 Å². The van der Waals surface area contributed by atoms with E-state index in [0.717, 1.165) is 26.1 Å². The molecule has 2 aromatic carbocycles. The summed E-state index contributed by atoms with van der Waals surface area (Å²) in [4.78, 5) is 42.2. The summed E-state index contributed by atoms with van der Waals surface area (Å²) in [5, 5.41) is 8.41. The van der Waals surface area contributed by atoms with Gasteiger partial charge in [0.05, 0.1) is 23.1 Å². The van der Waals surface area contributed by atoms with Crippen LogP contribution in [-0.2, 0) is 6.54 Å². The van der Waals surface area contributed by atoms with Gasteiger partial charge in [-0.05, 0) is 55.5 Å². The molecule has 0 aliphatic heterocycles. The van der Waals surface area contributed by atoms with E-state index in [1.807, 2.05) is 19.1 Å². The average Bonchev–Trinajstić information content (AvgIpc) is 3.18. The lowest BCUT2D eigenvalue weighted by atomic mass is 10.2. The van der Waals surface area contributed by atoms with Gasteiger partial charge in [-0.1, -0.05) is 0 Å². The van der Waals surface area contributed by atoms with E-state index in [2.05, 4.69) is 20.9 Å². The predicted octanol–water partition coefficient (Wildman–Crippen LogP) is 3.55. The van der Waals surface area contributed by atoms with Crippen LogP contribution in [0.1, 0.15) is 9.75 Å². The number of H-pyrrole nitrogens is 1. The van der Waals surface area contributed by atoms with Crippen molar-refractivity contribution in [3.63, 3.8) is 0 Å². The maximum atomic E-state index is 14.8. The molecule has 2 heterocycles. The molecule has 0 aliphatic rings. The number of nitrogens with zero attached hydrogens (tertiary/aromatic N) is 1. The van der Waals surface area contributed by atoms with Crippen molar-refractivity contribution in [2.75, 3.05) is 17.7 Å². The molecule has 0 radical (unpaired) electrons. The molecule has 0 spiro atoms. The molecule has 0 atom stereocenters. The molecule has 4 rings (SSSR count). The number of carbonyl (C=O) groups is 1. The molecule has 4 aromatic rings. The molecule has 0 bridgehead atoms. The van der Waals surface area contributed by atoms with Gasteiger partial charge in [0.2, 0.25) is 0 Å². The molecule has 0 saturated carbocycles. The fraction of sp³-hybridized carbons (Fsp3) is 0.136. The second-order valence-corrected chi connectivity index (χ2v) is 8.44. The molecule has 2 amide bonds. The van der Waals surface area contributed by atoms with Crippen LogP contribution >= 0.6 is 11.3 Å². The smallest absolute Gasteiger partial charge is 0.333 e. The lowest BCUT2D eigenvalue weighted by Crippen LogP contribution is -2.34. The standard InChI is InChI=1S/C22H20FN5O3S/c1-12-3-6-15(32-12)11-25-21(30)26-14-5-8-19(17(23)9-14)28-20(29)16-7-4-13(24-2)10-18(16)27-22(28)31/h3-10,24H,11H2,1-2H3,(H,27,31)(H2,25,26,30). The van der Waals surface area contributed by atoms with Crippen LogP contribution in [0.2, 0.25) is 0 Å². The second kappa shape index (κ2) is 8.67. The number of anilines is 2. The summed E-state index contributed by atoms with van der Waals surface area (Å²) in [6, 6.07) is 12.0. The van der Waals surface area contributed by atoms with Crippen LogP contribution < -0.4 is 27.2 Å². The van der Waals surface area contributed by atoms with Gasteiger partial charge in [-0.25, -0.2) is 18.5 Å². The van der Waals surface area contributed by atoms with E-state index in [9.17, 15) is 18.8 Å². The molecular weight excluding hydrogens is 433 g/mol. The van der Waals surface area contributed by atoms with E-state index in [-0.39, 0.29) is 16.8 Å². The monoisotopic (exact) mass is 453 g/mol. The SMILES string of the molecule is CNc1ccc2c(=O)n(-c3ccc(NC(=O)NCc4ccc(C)s4)cc3F)c(=O)[nH]c2c1. The Labute approximate surface area is 185 Å². The maximum Gasteiger partial charge on any atom is 0.333 e. The lowest BCUT2D eigenvalue weighted by molar-refractivity contribution is 0.252. The first kappa shape index (κ1) is 21.3. The van der Waals surface area contributed by atoms with E-state index in [1.54, 1.807) is 36.6 Å². The van der Waals surface area contributed by atoms with Crippen LogP contribution in [0.5, 0.6) is 0 Å². The lowest BCUT2D eigenvalue weighted by Gasteiger charge is -2.11. The van der Waals surface area contributed by atoms with Gasteiger partial charge in [-0.3, -0.25) is 4.79 Å². The number of nitrogens with one attached hydrogen (secondary N) is 4. The van der Waals surface area contributed by atoms with Crippen molar-refractivity contribution in [1.82, 2.24) is 14.9 Å². The van der Waals surface area contributed by atoms with Crippen molar-refractivity contribution < 1.29 is 9.18 Å². The minimum Gasteiger partial charge on any atom is -0.388 e. The normalized spacial score (nSPS) is 10.8. The highest BCUT2D eigenvalue weighted by Crippen LogP contribution is 2.19. The van der Waals surface area contributed by atoms with Crippen LogP contribution in [-0.4, -0.2) is 22.6 Å². The summed E-state index contributed by atoms with van der Waals surface area (Å²) in [6.45, 7) is 2.33. The Morgan fingerprint density at radius 2 is 1.88 bits per heavy atom. The molecule has 0 fully saturated rings. The number of thiophene rings is 1. The van der Waals surface area contributed by atoms with Crippen molar-refractivity contribution >= 4 is 39.6 Å². The number of aromatic amines is 1. The van der Waals surface area contributed by atoms with E-state index in [4.69, 9.17) is 0 Å². The Kier molecular flexibility index (Phi) is 5.78. The Morgan fingerprint density at radius 1 is 1.09 bits per heavy atom. The summed E-state index contributed by atoms with van der Waals surface area (Å²) in [7, 11) is 1.72. The minimum atomic E-state index is -0.824. The van der Waals surface area contributed by atoms with Crippen LogP contribution in [0.25, 0.3) is 16.6 Å². The van der Waals surface area contributed by atoms with E-state index in [0.29, 0.717) is 12.1 Å². The van der Waals surface area contributed by atoms with Gasteiger partial charge in [0.1, 0.15) is 5.82 Å². The molecule has 0 unspecified atom stereocenters. The van der Waals surface area contributed by atoms with Crippen molar-refractivity contribution in [3.8, 4) is 5.69 Å². The number of hydrogen-bond donors (Lipinski definition) is 4. The Morgan fingerprint density at radius 3 is 2.56 bits per heavy atom. The van der Waals surface area contributed by atoms with Crippen LogP contribution in [0.15, 0.2) is 58.1 Å². The number of aryl methyl sites for hydroxylation is 1. The first-order valence-corrected chi connectivity index (χ1v) is 10.5. The molecule has 8 nitrogen and oxygen atoms in total. The largest absolute Gasteiger partial charge is 0.388 e. The van der Waals surface area contributed by atoms with Crippen molar-refractivity contribution in [3.05, 3.63) is 84.9 Å². The summed E-state index contributed by atoms with van der Waals surface area (Å²) >= 11 is 1.57. The first-order chi connectivity index (χ1) is 15.4. The highest BCUT2D eigenvalue weighted by Gasteiger charge is 2.15. The number of halogens is 1. The summed E-state index contributed by atoms with van der Waals surface area (Å²) in [5.41, 5.74) is -0.362. The number of rotatable bonds is 5. The van der Waals surface area contributed by atoms with Crippen LogP contribution in [0.3, 0.4) is 0 Å². The number of urea groups is 1. The number of amides is 2. The summed E-state index contributed by atoms with van der Waals surface area (Å²) in [6.07, 6.45) is 0. The minimum absolute atomic E-state index is 0.190. The maximum absolute atomic E-state index is 14.8. The Balaban J connectivity index is 1.58. The Hall–Kier alpha value is -3.92. The van der Waals surface area contributed by atoms with Crippen molar-refractivity contribution in [2.24, 2.45) is 0 Å². The van der Waals surface area contributed by atoms with Gasteiger partial charge in [-0.15, -0.1) is 11.3 Å². The van der Waals surface area contributed by atoms with E-state index >= 15 is 0 Å². The molecule has 10 heteroatoms. The topological polar surface area (TPSA) is 108 Å². The summed E-state index contributed by atoms with van der Waals surface area (Å²) in [5.74, 6) is -0.824. The van der Waals surface area contributed by atoms with Crippen molar-refractivity contribution in [2.45, 2.75) is 13.5 Å². The highest BCUT2D eigenvalue weighted by atomic mass is 32.1.